The number of halogens is 5. The number of hydrogen-bond donors (Lipinski definition) is 1. The van der Waals surface area contributed by atoms with Crippen LogP contribution in [0.15, 0.2) is 30.3 Å². The van der Waals surface area contributed by atoms with Crippen molar-refractivity contribution in [2.75, 3.05) is 5.32 Å². The van der Waals surface area contributed by atoms with Gasteiger partial charge in [0.2, 0.25) is 0 Å². The Bertz CT molecular complexity index is 643. The van der Waals surface area contributed by atoms with E-state index in [4.69, 9.17) is 58.0 Å². The fraction of sp³-hybridized carbons (Fsp3) is 0. The molecular formula is C13H6Cl5NO. The summed E-state index contributed by atoms with van der Waals surface area (Å²) in [5.41, 5.74) is 0.573. The van der Waals surface area contributed by atoms with Crippen LogP contribution in [0.2, 0.25) is 25.1 Å². The van der Waals surface area contributed by atoms with Crippen LogP contribution in [0.25, 0.3) is 0 Å². The summed E-state index contributed by atoms with van der Waals surface area (Å²) in [6, 6.07) is 7.76. The fourth-order valence-electron chi connectivity index (χ4n) is 1.47. The molecular weight excluding hydrogens is 363 g/mol. The van der Waals surface area contributed by atoms with Crippen LogP contribution in [-0.2, 0) is 0 Å². The minimum atomic E-state index is -0.399. The number of rotatable bonds is 2. The van der Waals surface area contributed by atoms with Gasteiger partial charge in [0.25, 0.3) is 5.91 Å². The van der Waals surface area contributed by atoms with Crippen LogP contribution >= 0.6 is 58.0 Å². The quantitative estimate of drug-likeness (QED) is 0.627. The highest BCUT2D eigenvalue weighted by atomic mass is 35.5. The van der Waals surface area contributed by atoms with Gasteiger partial charge in [-0.05, 0) is 30.3 Å². The molecule has 1 N–H and O–H groups in total. The lowest BCUT2D eigenvalue weighted by atomic mass is 10.2. The van der Waals surface area contributed by atoms with E-state index in [1.54, 1.807) is 24.3 Å². The maximum atomic E-state index is 12.1. The Kier molecular flexibility index (Phi) is 5.05. The van der Waals surface area contributed by atoms with Crippen molar-refractivity contribution < 1.29 is 4.79 Å². The van der Waals surface area contributed by atoms with Gasteiger partial charge in [-0.3, -0.25) is 4.79 Å². The van der Waals surface area contributed by atoms with Crippen molar-refractivity contribution >= 4 is 69.6 Å². The second-order valence-electron chi connectivity index (χ2n) is 3.80. The fourth-order valence-corrected chi connectivity index (χ4v) is 2.50. The van der Waals surface area contributed by atoms with Gasteiger partial charge < -0.3 is 5.32 Å². The first-order valence-corrected chi connectivity index (χ1v) is 7.19. The molecule has 2 rings (SSSR count). The number of nitrogens with one attached hydrogen (secondary N) is 1. The van der Waals surface area contributed by atoms with E-state index in [0.29, 0.717) is 10.6 Å². The van der Waals surface area contributed by atoms with E-state index in [2.05, 4.69) is 5.32 Å². The Morgan fingerprint density at radius 2 is 1.35 bits per heavy atom. The summed E-state index contributed by atoms with van der Waals surface area (Å²) in [5, 5.41) is 3.77. The number of carbonyl (C=O) groups excluding carboxylic acids is 1. The molecule has 1 amide bonds. The topological polar surface area (TPSA) is 29.1 Å². The Labute approximate surface area is 140 Å². The monoisotopic (exact) mass is 367 g/mol. The molecule has 0 aliphatic carbocycles. The van der Waals surface area contributed by atoms with Gasteiger partial charge in [0.05, 0.1) is 25.8 Å². The van der Waals surface area contributed by atoms with E-state index in [1.807, 2.05) is 0 Å². The average molecular weight is 369 g/mol. The van der Waals surface area contributed by atoms with E-state index in [1.165, 1.54) is 6.07 Å². The van der Waals surface area contributed by atoms with Crippen molar-refractivity contribution in [1.29, 1.82) is 0 Å². The highest BCUT2D eigenvalue weighted by Crippen LogP contribution is 2.41. The molecule has 0 saturated heterocycles. The zero-order chi connectivity index (χ0) is 14.9. The van der Waals surface area contributed by atoms with Crippen molar-refractivity contribution in [2.45, 2.75) is 0 Å². The first-order chi connectivity index (χ1) is 9.40. The van der Waals surface area contributed by atoms with Gasteiger partial charge >= 0.3 is 0 Å². The molecule has 20 heavy (non-hydrogen) atoms. The van der Waals surface area contributed by atoms with E-state index >= 15 is 0 Å². The van der Waals surface area contributed by atoms with Gasteiger partial charge in [-0.15, -0.1) is 0 Å². The van der Waals surface area contributed by atoms with Gasteiger partial charge in [-0.2, -0.15) is 0 Å². The molecule has 0 radical (unpaired) electrons. The van der Waals surface area contributed by atoms with Crippen LogP contribution in [-0.4, -0.2) is 5.91 Å². The zero-order valence-electron chi connectivity index (χ0n) is 9.68. The molecule has 0 aliphatic rings. The maximum Gasteiger partial charge on any atom is 0.255 e. The highest BCUT2D eigenvalue weighted by Gasteiger charge is 2.17. The second kappa shape index (κ2) is 6.42. The lowest BCUT2D eigenvalue weighted by molar-refractivity contribution is 0.102. The Morgan fingerprint density at radius 1 is 0.850 bits per heavy atom. The molecule has 0 spiro atoms. The van der Waals surface area contributed by atoms with Crippen LogP contribution in [0, 0.1) is 0 Å². The SMILES string of the molecule is O=C(Nc1c(Cl)c(Cl)cc(Cl)c1Cl)c1ccc(Cl)cc1. The third kappa shape index (κ3) is 3.33. The van der Waals surface area contributed by atoms with Crippen LogP contribution in [0.4, 0.5) is 5.69 Å². The smallest absolute Gasteiger partial charge is 0.255 e. The zero-order valence-corrected chi connectivity index (χ0v) is 13.5. The summed E-state index contributed by atoms with van der Waals surface area (Å²) >= 11 is 29.6. The van der Waals surface area contributed by atoms with Crippen LogP contribution < -0.4 is 5.32 Å². The van der Waals surface area contributed by atoms with Crippen LogP contribution in [0.1, 0.15) is 10.4 Å². The third-order valence-electron chi connectivity index (χ3n) is 2.46. The number of benzene rings is 2. The second-order valence-corrected chi connectivity index (χ2v) is 5.81. The largest absolute Gasteiger partial charge is 0.319 e. The summed E-state index contributed by atoms with van der Waals surface area (Å²) in [4.78, 5) is 12.1. The van der Waals surface area contributed by atoms with Crippen molar-refractivity contribution in [3.63, 3.8) is 0 Å². The van der Waals surface area contributed by atoms with Gasteiger partial charge in [0, 0.05) is 10.6 Å². The lowest BCUT2D eigenvalue weighted by Crippen LogP contribution is -2.12. The molecule has 2 aromatic carbocycles. The van der Waals surface area contributed by atoms with E-state index in [9.17, 15) is 4.79 Å². The van der Waals surface area contributed by atoms with Crippen LogP contribution in [0.5, 0.6) is 0 Å². The Balaban J connectivity index is 2.35. The molecule has 0 aromatic heterocycles. The van der Waals surface area contributed by atoms with E-state index in [-0.39, 0.29) is 25.8 Å². The molecule has 0 heterocycles. The Hall–Kier alpha value is -0.640. The minimum absolute atomic E-state index is 0.128. The molecule has 2 aromatic rings. The molecule has 0 bridgehead atoms. The van der Waals surface area contributed by atoms with Crippen molar-refractivity contribution in [3.05, 3.63) is 61.0 Å². The van der Waals surface area contributed by atoms with E-state index in [0.717, 1.165) is 0 Å². The summed E-state index contributed by atoms with van der Waals surface area (Å²) in [6.07, 6.45) is 0. The lowest BCUT2D eigenvalue weighted by Gasteiger charge is -2.11. The first kappa shape index (κ1) is 15.7. The number of amides is 1. The number of carbonyl (C=O) groups is 1. The standard InChI is InChI=1S/C13H6Cl5NO/c14-7-3-1-6(2-4-7)13(20)19-12-10(17)8(15)5-9(16)11(12)18/h1-5H,(H,19,20). The van der Waals surface area contributed by atoms with Crippen molar-refractivity contribution in [1.82, 2.24) is 0 Å². The third-order valence-corrected chi connectivity index (χ3v) is 4.28. The predicted molar refractivity (Wildman–Crippen MR) is 85.9 cm³/mol. The van der Waals surface area contributed by atoms with Gasteiger partial charge in [-0.1, -0.05) is 58.0 Å². The van der Waals surface area contributed by atoms with Crippen LogP contribution in [0.3, 0.4) is 0 Å². The molecule has 0 atom stereocenters. The van der Waals surface area contributed by atoms with Gasteiger partial charge in [0.1, 0.15) is 0 Å². The molecule has 0 aliphatic heterocycles. The molecule has 0 fully saturated rings. The van der Waals surface area contributed by atoms with Gasteiger partial charge in [-0.25, -0.2) is 0 Å². The first-order valence-electron chi connectivity index (χ1n) is 5.30. The maximum absolute atomic E-state index is 12.1. The minimum Gasteiger partial charge on any atom is -0.319 e. The van der Waals surface area contributed by atoms with E-state index < -0.39 is 5.91 Å². The predicted octanol–water partition coefficient (Wildman–Crippen LogP) is 6.21. The summed E-state index contributed by atoms with van der Waals surface area (Å²) in [5.74, 6) is -0.399. The molecule has 2 nitrogen and oxygen atoms in total. The molecule has 0 saturated carbocycles. The summed E-state index contributed by atoms with van der Waals surface area (Å²) in [7, 11) is 0. The normalized spacial score (nSPS) is 10.4. The van der Waals surface area contributed by atoms with Gasteiger partial charge in [0.15, 0.2) is 0 Å². The summed E-state index contributed by atoms with van der Waals surface area (Å²) in [6.45, 7) is 0. The Morgan fingerprint density at radius 3 is 1.85 bits per heavy atom. The summed E-state index contributed by atoms with van der Waals surface area (Å²) < 4.78 is 0. The highest BCUT2D eigenvalue weighted by molar-refractivity contribution is 6.50. The molecule has 7 heteroatoms. The number of hydrogen-bond acceptors (Lipinski definition) is 1. The molecule has 104 valence electrons. The number of anilines is 1. The van der Waals surface area contributed by atoms with Crippen molar-refractivity contribution in [3.8, 4) is 0 Å². The molecule has 0 unspecified atom stereocenters. The van der Waals surface area contributed by atoms with Crippen molar-refractivity contribution in [2.24, 2.45) is 0 Å². The average Bonchev–Trinajstić information content (AvgIpc) is 2.42.